The number of nitrogens with zero attached hydrogens (tertiary/aromatic N) is 1. The molecular weight excluding hydrogens is 328 g/mol. The van der Waals surface area contributed by atoms with Crippen LogP contribution in [-0.2, 0) is 4.79 Å². The molecule has 1 aliphatic rings. The van der Waals surface area contributed by atoms with Crippen molar-refractivity contribution >= 4 is 11.8 Å². The van der Waals surface area contributed by atoms with Crippen LogP contribution in [0.25, 0.3) is 0 Å². The zero-order valence-corrected chi connectivity index (χ0v) is 15.4. The Morgan fingerprint density at radius 3 is 2.65 bits per heavy atom. The summed E-state index contributed by atoms with van der Waals surface area (Å²) in [6, 6.07) is 13.0. The second kappa shape index (κ2) is 7.60. The number of likely N-dealkylation sites (N-methyl/N-ethyl adjacent to an activating group) is 1. The van der Waals surface area contributed by atoms with Gasteiger partial charge in [0.1, 0.15) is 5.75 Å². The van der Waals surface area contributed by atoms with Crippen molar-refractivity contribution in [2.45, 2.75) is 26.3 Å². The van der Waals surface area contributed by atoms with Crippen molar-refractivity contribution in [3.63, 3.8) is 0 Å². The average Bonchev–Trinajstić information content (AvgIpc) is 2.62. The van der Waals surface area contributed by atoms with Gasteiger partial charge in [0.15, 0.2) is 0 Å². The van der Waals surface area contributed by atoms with Crippen molar-refractivity contribution in [1.29, 1.82) is 0 Å². The van der Waals surface area contributed by atoms with Gasteiger partial charge in [0.05, 0.1) is 19.2 Å². The first-order valence-corrected chi connectivity index (χ1v) is 8.79. The molecule has 0 bridgehead atoms. The molecular formula is C21H24N2O3. The molecule has 136 valence electrons. The highest BCUT2D eigenvalue weighted by Crippen LogP contribution is 2.35. The van der Waals surface area contributed by atoms with Crippen molar-refractivity contribution in [3.05, 3.63) is 64.7 Å². The Balaban J connectivity index is 1.67. The predicted octanol–water partition coefficient (Wildman–Crippen LogP) is 3.02. The molecule has 0 radical (unpaired) electrons. The maximum Gasteiger partial charge on any atom is 0.254 e. The topological polar surface area (TPSA) is 58.6 Å². The van der Waals surface area contributed by atoms with Gasteiger partial charge in [-0.3, -0.25) is 9.59 Å². The molecule has 1 atom stereocenters. The second-order valence-electron chi connectivity index (χ2n) is 6.78. The van der Waals surface area contributed by atoms with E-state index in [9.17, 15) is 9.59 Å². The molecule has 26 heavy (non-hydrogen) atoms. The summed E-state index contributed by atoms with van der Waals surface area (Å²) in [6.45, 7) is 4.64. The molecule has 2 aromatic carbocycles. The summed E-state index contributed by atoms with van der Waals surface area (Å²) >= 11 is 0. The summed E-state index contributed by atoms with van der Waals surface area (Å²) < 4.78 is 5.78. The fourth-order valence-corrected chi connectivity index (χ4v) is 3.36. The van der Waals surface area contributed by atoms with E-state index in [-0.39, 0.29) is 24.4 Å². The highest BCUT2D eigenvalue weighted by atomic mass is 16.5. The third-order valence-electron chi connectivity index (χ3n) is 4.56. The number of amides is 2. The number of carbonyl (C=O) groups is 2. The largest absolute Gasteiger partial charge is 0.493 e. The van der Waals surface area contributed by atoms with Gasteiger partial charge in [-0.2, -0.15) is 0 Å². The van der Waals surface area contributed by atoms with Crippen LogP contribution in [-0.4, -0.2) is 36.9 Å². The summed E-state index contributed by atoms with van der Waals surface area (Å²) in [6.07, 6.45) is 0.720. The van der Waals surface area contributed by atoms with E-state index in [1.165, 1.54) is 4.90 Å². The number of carbonyl (C=O) groups excluding carboxylic acids is 2. The summed E-state index contributed by atoms with van der Waals surface area (Å²) in [7, 11) is 1.64. The Bertz CT molecular complexity index is 818. The first-order chi connectivity index (χ1) is 12.5. The van der Waals surface area contributed by atoms with Crippen molar-refractivity contribution in [2.75, 3.05) is 20.2 Å². The fraction of sp³-hybridized carbons (Fsp3) is 0.333. The molecule has 0 saturated carbocycles. The summed E-state index contributed by atoms with van der Waals surface area (Å²) in [5.74, 6) is 0.523. The molecule has 5 heteroatoms. The minimum Gasteiger partial charge on any atom is -0.493 e. The number of rotatable bonds is 4. The van der Waals surface area contributed by atoms with Crippen molar-refractivity contribution in [3.8, 4) is 5.75 Å². The standard InChI is InChI=1S/C21H24N2O3/c1-14-11-15(2)20-17(12-14)18(9-10-26-20)22-19(24)13-23(3)21(25)16-7-5-4-6-8-16/h4-8,11-12,18H,9-10,13H2,1-3H3,(H,22,24). The van der Waals surface area contributed by atoms with Gasteiger partial charge >= 0.3 is 0 Å². The van der Waals surface area contributed by atoms with Gasteiger partial charge in [-0.25, -0.2) is 0 Å². The first-order valence-electron chi connectivity index (χ1n) is 8.79. The second-order valence-corrected chi connectivity index (χ2v) is 6.78. The quantitative estimate of drug-likeness (QED) is 0.920. The molecule has 5 nitrogen and oxygen atoms in total. The van der Waals surface area contributed by atoms with Gasteiger partial charge in [0, 0.05) is 24.6 Å². The number of ether oxygens (including phenoxy) is 1. The van der Waals surface area contributed by atoms with E-state index in [2.05, 4.69) is 17.4 Å². The van der Waals surface area contributed by atoms with E-state index in [1.807, 2.05) is 32.0 Å². The van der Waals surface area contributed by atoms with Crippen LogP contribution in [0.1, 0.15) is 39.5 Å². The van der Waals surface area contributed by atoms with Crippen LogP contribution in [0, 0.1) is 13.8 Å². The number of aryl methyl sites for hydroxylation is 2. The van der Waals surface area contributed by atoms with E-state index in [1.54, 1.807) is 19.2 Å². The smallest absolute Gasteiger partial charge is 0.254 e. The average molecular weight is 352 g/mol. The molecule has 1 heterocycles. The minimum absolute atomic E-state index is 0.0191. The van der Waals surface area contributed by atoms with Crippen LogP contribution in [0.2, 0.25) is 0 Å². The maximum atomic E-state index is 12.5. The lowest BCUT2D eigenvalue weighted by Gasteiger charge is -2.29. The Kier molecular flexibility index (Phi) is 5.26. The van der Waals surface area contributed by atoms with E-state index >= 15 is 0 Å². The van der Waals surface area contributed by atoms with E-state index in [0.717, 1.165) is 28.9 Å². The summed E-state index contributed by atoms with van der Waals surface area (Å²) in [5.41, 5.74) is 3.81. The van der Waals surface area contributed by atoms with Gasteiger partial charge in [-0.1, -0.05) is 35.9 Å². The zero-order chi connectivity index (χ0) is 18.7. The lowest BCUT2D eigenvalue weighted by atomic mass is 9.95. The molecule has 0 fully saturated rings. The zero-order valence-electron chi connectivity index (χ0n) is 15.4. The van der Waals surface area contributed by atoms with Gasteiger partial charge in [-0.15, -0.1) is 0 Å². The maximum absolute atomic E-state index is 12.5. The highest BCUT2D eigenvalue weighted by molar-refractivity contribution is 5.96. The van der Waals surface area contributed by atoms with Gasteiger partial charge < -0.3 is 15.0 Å². The van der Waals surface area contributed by atoms with Crippen LogP contribution in [0.5, 0.6) is 5.75 Å². The van der Waals surface area contributed by atoms with Crippen LogP contribution in [0.3, 0.4) is 0 Å². The minimum atomic E-state index is -0.172. The number of benzene rings is 2. The number of nitrogens with one attached hydrogen (secondary N) is 1. The first kappa shape index (κ1) is 18.0. The molecule has 3 rings (SSSR count). The van der Waals surface area contributed by atoms with E-state index < -0.39 is 0 Å². The van der Waals surface area contributed by atoms with Crippen LogP contribution >= 0.6 is 0 Å². The molecule has 0 aliphatic carbocycles. The summed E-state index contributed by atoms with van der Waals surface area (Å²) in [5, 5.41) is 3.05. The van der Waals surface area contributed by atoms with Gasteiger partial charge in [0.2, 0.25) is 5.91 Å². The van der Waals surface area contributed by atoms with Crippen LogP contribution < -0.4 is 10.1 Å². The number of hydrogen-bond donors (Lipinski definition) is 1. The third kappa shape index (κ3) is 3.87. The molecule has 1 aliphatic heterocycles. The van der Waals surface area contributed by atoms with Crippen LogP contribution in [0.4, 0.5) is 0 Å². The number of fused-ring (bicyclic) bond motifs is 1. The Morgan fingerprint density at radius 2 is 1.92 bits per heavy atom. The predicted molar refractivity (Wildman–Crippen MR) is 100 cm³/mol. The van der Waals surface area contributed by atoms with E-state index in [0.29, 0.717) is 12.2 Å². The molecule has 2 amide bonds. The molecule has 0 spiro atoms. The monoisotopic (exact) mass is 352 g/mol. The molecule has 1 unspecified atom stereocenters. The normalized spacial score (nSPS) is 15.6. The van der Waals surface area contributed by atoms with E-state index in [4.69, 9.17) is 4.74 Å². The van der Waals surface area contributed by atoms with Crippen molar-refractivity contribution in [1.82, 2.24) is 10.2 Å². The molecule has 2 aromatic rings. The number of hydrogen-bond acceptors (Lipinski definition) is 3. The highest BCUT2D eigenvalue weighted by Gasteiger charge is 2.25. The Labute approximate surface area is 154 Å². The third-order valence-corrected chi connectivity index (χ3v) is 4.56. The fourth-order valence-electron chi connectivity index (χ4n) is 3.36. The SMILES string of the molecule is Cc1cc(C)c2c(c1)C(NC(=O)CN(C)C(=O)c1ccccc1)CCO2. The Hall–Kier alpha value is -2.82. The molecule has 0 saturated heterocycles. The molecule has 0 aromatic heterocycles. The lowest BCUT2D eigenvalue weighted by molar-refractivity contribution is -0.122. The summed E-state index contributed by atoms with van der Waals surface area (Å²) in [4.78, 5) is 26.3. The lowest BCUT2D eigenvalue weighted by Crippen LogP contribution is -2.41. The van der Waals surface area contributed by atoms with Crippen molar-refractivity contribution in [2.24, 2.45) is 0 Å². The van der Waals surface area contributed by atoms with Gasteiger partial charge in [0.25, 0.3) is 5.91 Å². The van der Waals surface area contributed by atoms with Crippen LogP contribution in [0.15, 0.2) is 42.5 Å². The molecule has 1 N–H and O–H groups in total. The van der Waals surface area contributed by atoms with Gasteiger partial charge in [-0.05, 0) is 31.5 Å². The van der Waals surface area contributed by atoms with Crippen molar-refractivity contribution < 1.29 is 14.3 Å². The Morgan fingerprint density at radius 1 is 1.19 bits per heavy atom.